The molecule has 0 bridgehead atoms. The minimum Gasteiger partial charge on any atom is -0.493 e. The SMILES string of the molecule is COc1cc(C(C)=O)ccc1OC(=O)c1ccc2ncsc2c1. The zero-order valence-corrected chi connectivity index (χ0v) is 13.3. The maximum absolute atomic E-state index is 12.3. The molecule has 1 aromatic heterocycles. The summed E-state index contributed by atoms with van der Waals surface area (Å²) >= 11 is 1.46. The van der Waals surface area contributed by atoms with Crippen LogP contribution in [-0.2, 0) is 0 Å². The minimum absolute atomic E-state index is 0.0863. The van der Waals surface area contributed by atoms with E-state index in [9.17, 15) is 9.59 Å². The second-order valence-corrected chi connectivity index (χ2v) is 5.73. The number of ether oxygens (including phenoxy) is 2. The topological polar surface area (TPSA) is 65.5 Å². The van der Waals surface area contributed by atoms with Crippen molar-refractivity contribution in [2.24, 2.45) is 0 Å². The number of ketones is 1. The van der Waals surface area contributed by atoms with E-state index in [-0.39, 0.29) is 11.5 Å². The van der Waals surface area contributed by atoms with Gasteiger partial charge in [-0.1, -0.05) is 0 Å². The van der Waals surface area contributed by atoms with E-state index >= 15 is 0 Å². The van der Waals surface area contributed by atoms with Gasteiger partial charge in [0.05, 0.1) is 28.4 Å². The van der Waals surface area contributed by atoms with Crippen molar-refractivity contribution in [3.63, 3.8) is 0 Å². The maximum Gasteiger partial charge on any atom is 0.343 e. The van der Waals surface area contributed by atoms with Crippen LogP contribution in [0.3, 0.4) is 0 Å². The van der Waals surface area contributed by atoms with E-state index in [1.54, 1.807) is 41.9 Å². The number of nitrogens with zero attached hydrogens (tertiary/aromatic N) is 1. The number of hydrogen-bond donors (Lipinski definition) is 0. The zero-order valence-electron chi connectivity index (χ0n) is 12.5. The molecule has 0 aliphatic carbocycles. The van der Waals surface area contributed by atoms with Crippen molar-refractivity contribution in [1.29, 1.82) is 0 Å². The molecule has 0 spiro atoms. The van der Waals surface area contributed by atoms with E-state index in [1.165, 1.54) is 25.4 Å². The van der Waals surface area contributed by atoms with Gasteiger partial charge in [0.2, 0.25) is 0 Å². The zero-order chi connectivity index (χ0) is 16.4. The second kappa shape index (κ2) is 6.18. The Labute approximate surface area is 136 Å². The highest BCUT2D eigenvalue weighted by Gasteiger charge is 2.14. The lowest BCUT2D eigenvalue weighted by atomic mass is 10.1. The van der Waals surface area contributed by atoms with E-state index in [4.69, 9.17) is 9.47 Å². The van der Waals surface area contributed by atoms with Crippen LogP contribution in [0.5, 0.6) is 11.5 Å². The molecule has 3 aromatic rings. The molecule has 0 atom stereocenters. The normalized spacial score (nSPS) is 10.5. The lowest BCUT2D eigenvalue weighted by molar-refractivity contribution is 0.0730. The Morgan fingerprint density at radius 3 is 2.57 bits per heavy atom. The molecule has 23 heavy (non-hydrogen) atoms. The molecule has 0 aliphatic rings. The molecule has 0 saturated carbocycles. The summed E-state index contributed by atoms with van der Waals surface area (Å²) < 4.78 is 11.5. The fraction of sp³-hybridized carbons (Fsp3) is 0.118. The molecule has 1 heterocycles. The highest BCUT2D eigenvalue weighted by atomic mass is 32.1. The Kier molecular flexibility index (Phi) is 4.08. The molecule has 0 aliphatic heterocycles. The van der Waals surface area contributed by atoms with Crippen molar-refractivity contribution in [1.82, 2.24) is 4.98 Å². The van der Waals surface area contributed by atoms with Crippen molar-refractivity contribution in [3.8, 4) is 11.5 Å². The van der Waals surface area contributed by atoms with E-state index in [2.05, 4.69) is 4.98 Å². The minimum atomic E-state index is -0.492. The molecule has 0 fully saturated rings. The summed E-state index contributed by atoms with van der Waals surface area (Å²) in [5, 5.41) is 0. The molecule has 2 aromatic carbocycles. The van der Waals surface area contributed by atoms with Gasteiger partial charge in [-0.2, -0.15) is 0 Å². The smallest absolute Gasteiger partial charge is 0.343 e. The molecule has 116 valence electrons. The predicted molar refractivity (Wildman–Crippen MR) is 87.6 cm³/mol. The number of thiazole rings is 1. The Morgan fingerprint density at radius 2 is 1.83 bits per heavy atom. The van der Waals surface area contributed by atoms with Gasteiger partial charge in [0.15, 0.2) is 17.3 Å². The highest BCUT2D eigenvalue weighted by Crippen LogP contribution is 2.29. The van der Waals surface area contributed by atoms with Crippen LogP contribution in [0.2, 0.25) is 0 Å². The van der Waals surface area contributed by atoms with Crippen LogP contribution >= 0.6 is 11.3 Å². The fourth-order valence-corrected chi connectivity index (χ4v) is 2.83. The third-order valence-corrected chi connectivity index (χ3v) is 4.13. The molecule has 0 saturated heterocycles. The number of carbonyl (C=O) groups is 2. The van der Waals surface area contributed by atoms with Gasteiger partial charge >= 0.3 is 5.97 Å². The maximum atomic E-state index is 12.3. The molecular weight excluding hydrogens is 314 g/mol. The van der Waals surface area contributed by atoms with E-state index in [0.717, 1.165) is 10.2 Å². The van der Waals surface area contributed by atoms with Crippen LogP contribution < -0.4 is 9.47 Å². The number of rotatable bonds is 4. The number of aromatic nitrogens is 1. The van der Waals surface area contributed by atoms with Crippen molar-refractivity contribution in [2.45, 2.75) is 6.92 Å². The lowest BCUT2D eigenvalue weighted by Crippen LogP contribution is -2.09. The van der Waals surface area contributed by atoms with E-state index in [1.807, 2.05) is 0 Å². The van der Waals surface area contributed by atoms with Crippen LogP contribution in [0, 0.1) is 0 Å². The van der Waals surface area contributed by atoms with Crippen LogP contribution in [0.1, 0.15) is 27.6 Å². The summed E-state index contributed by atoms with van der Waals surface area (Å²) in [6, 6.07) is 9.89. The first-order chi connectivity index (χ1) is 11.1. The molecule has 5 nitrogen and oxygen atoms in total. The van der Waals surface area contributed by atoms with Gasteiger partial charge in [-0.05, 0) is 43.3 Å². The van der Waals surface area contributed by atoms with Gasteiger partial charge in [-0.15, -0.1) is 11.3 Å². The summed E-state index contributed by atoms with van der Waals surface area (Å²) in [6.45, 7) is 1.46. The Balaban J connectivity index is 1.88. The summed E-state index contributed by atoms with van der Waals surface area (Å²) in [7, 11) is 1.46. The number of hydrogen-bond acceptors (Lipinski definition) is 6. The van der Waals surface area contributed by atoms with E-state index < -0.39 is 5.97 Å². The van der Waals surface area contributed by atoms with Gasteiger partial charge < -0.3 is 9.47 Å². The van der Waals surface area contributed by atoms with Crippen LogP contribution in [-0.4, -0.2) is 23.8 Å². The van der Waals surface area contributed by atoms with Gasteiger partial charge in [0.25, 0.3) is 0 Å². The van der Waals surface area contributed by atoms with Crippen molar-refractivity contribution in [2.75, 3.05) is 7.11 Å². The summed E-state index contributed by atoms with van der Waals surface area (Å²) in [5.74, 6) is 0.0304. The third kappa shape index (κ3) is 3.07. The lowest BCUT2D eigenvalue weighted by Gasteiger charge is -2.10. The summed E-state index contributed by atoms with van der Waals surface area (Å²) in [5.41, 5.74) is 3.49. The largest absolute Gasteiger partial charge is 0.493 e. The number of benzene rings is 2. The molecule has 0 radical (unpaired) electrons. The first-order valence-corrected chi connectivity index (χ1v) is 7.71. The van der Waals surface area contributed by atoms with Crippen LogP contribution in [0.15, 0.2) is 41.9 Å². The summed E-state index contributed by atoms with van der Waals surface area (Å²) in [6.07, 6.45) is 0. The van der Waals surface area contributed by atoms with Gasteiger partial charge in [0.1, 0.15) is 0 Å². The molecule has 3 rings (SSSR count). The number of carbonyl (C=O) groups excluding carboxylic acids is 2. The average molecular weight is 327 g/mol. The average Bonchev–Trinajstić information content (AvgIpc) is 3.02. The monoisotopic (exact) mass is 327 g/mol. The van der Waals surface area contributed by atoms with Crippen molar-refractivity contribution in [3.05, 3.63) is 53.0 Å². The molecule has 6 heteroatoms. The number of fused-ring (bicyclic) bond motifs is 1. The predicted octanol–water partition coefficient (Wildman–Crippen LogP) is 3.73. The van der Waals surface area contributed by atoms with Gasteiger partial charge in [-0.25, -0.2) is 9.78 Å². The second-order valence-electron chi connectivity index (χ2n) is 4.85. The molecular formula is C17H13NO4S. The van der Waals surface area contributed by atoms with Crippen molar-refractivity contribution < 1.29 is 19.1 Å². The quantitative estimate of drug-likeness (QED) is 0.415. The number of esters is 1. The molecule has 0 unspecified atom stereocenters. The first-order valence-electron chi connectivity index (χ1n) is 6.83. The Hall–Kier alpha value is -2.73. The molecule has 0 N–H and O–H groups in total. The van der Waals surface area contributed by atoms with Crippen molar-refractivity contribution >= 4 is 33.3 Å². The Morgan fingerprint density at radius 1 is 1.04 bits per heavy atom. The standard InChI is InChI=1S/C17H13NO4S/c1-10(19)11-4-6-14(15(7-11)21-2)22-17(20)12-3-5-13-16(8-12)23-9-18-13/h3-9H,1-2H3. The fourth-order valence-electron chi connectivity index (χ4n) is 2.11. The van der Waals surface area contributed by atoms with Gasteiger partial charge in [-0.3, -0.25) is 4.79 Å². The highest BCUT2D eigenvalue weighted by molar-refractivity contribution is 7.16. The first kappa shape index (κ1) is 15.2. The number of Topliss-reactive ketones (excluding diaryl/α,β-unsaturated/α-hetero) is 1. The van der Waals surface area contributed by atoms with Crippen LogP contribution in [0.4, 0.5) is 0 Å². The van der Waals surface area contributed by atoms with Gasteiger partial charge in [0, 0.05) is 5.56 Å². The number of methoxy groups -OCH3 is 1. The third-order valence-electron chi connectivity index (χ3n) is 3.34. The Bertz CT molecular complexity index is 900. The molecule has 0 amide bonds. The van der Waals surface area contributed by atoms with Crippen LogP contribution in [0.25, 0.3) is 10.2 Å². The summed E-state index contributed by atoms with van der Waals surface area (Å²) in [4.78, 5) is 27.9. The van der Waals surface area contributed by atoms with E-state index in [0.29, 0.717) is 16.9 Å².